The number of Topliss-reactive ketones (excluding diaryl/α,β-unsaturated/α-hetero) is 1. The third-order valence-electron chi connectivity index (χ3n) is 0.754. The van der Waals surface area contributed by atoms with Gasteiger partial charge in [-0.05, 0) is 0 Å². The van der Waals surface area contributed by atoms with Gasteiger partial charge < -0.3 is 5.21 Å². The summed E-state index contributed by atoms with van der Waals surface area (Å²) in [6.07, 6.45) is 0.907. The lowest BCUT2D eigenvalue weighted by atomic mass is 10.1. The topological polar surface area (TPSA) is 49.7 Å². The van der Waals surface area contributed by atoms with Gasteiger partial charge in [-0.3, -0.25) is 4.79 Å². The first-order valence-electron chi connectivity index (χ1n) is 2.39. The second-order valence-corrected chi connectivity index (χ2v) is 1.80. The van der Waals surface area contributed by atoms with Gasteiger partial charge in [0.05, 0.1) is 0 Å². The van der Waals surface area contributed by atoms with Gasteiger partial charge >= 0.3 is 0 Å². The van der Waals surface area contributed by atoms with Crippen molar-refractivity contribution in [2.45, 2.75) is 13.8 Å². The SMILES string of the molecule is CC(C)C(=O)C=NO. The molecule has 0 saturated carbocycles. The van der Waals surface area contributed by atoms with Crippen LogP contribution in [0.25, 0.3) is 0 Å². The van der Waals surface area contributed by atoms with Crippen LogP contribution < -0.4 is 0 Å². The van der Waals surface area contributed by atoms with E-state index < -0.39 is 0 Å². The van der Waals surface area contributed by atoms with E-state index in [0.717, 1.165) is 6.21 Å². The molecule has 8 heavy (non-hydrogen) atoms. The lowest BCUT2D eigenvalue weighted by Crippen LogP contribution is -2.07. The summed E-state index contributed by atoms with van der Waals surface area (Å²) in [5.74, 6) is -0.238. The Morgan fingerprint density at radius 2 is 2.25 bits per heavy atom. The normalized spacial score (nSPS) is 10.9. The fourth-order valence-electron chi connectivity index (χ4n) is 0.206. The molecule has 0 amide bonds. The molecule has 0 aliphatic carbocycles. The van der Waals surface area contributed by atoms with Crippen molar-refractivity contribution in [1.29, 1.82) is 0 Å². The van der Waals surface area contributed by atoms with E-state index in [1.807, 2.05) is 0 Å². The number of rotatable bonds is 2. The highest BCUT2D eigenvalue weighted by Crippen LogP contribution is 1.89. The first-order valence-corrected chi connectivity index (χ1v) is 2.39. The summed E-state index contributed by atoms with van der Waals surface area (Å²) in [4.78, 5) is 10.4. The van der Waals surface area contributed by atoms with Crippen LogP contribution in [0, 0.1) is 5.92 Å². The van der Waals surface area contributed by atoms with Crippen molar-refractivity contribution in [2.75, 3.05) is 0 Å². The number of nitrogens with zero attached hydrogens (tertiary/aromatic N) is 1. The van der Waals surface area contributed by atoms with Crippen molar-refractivity contribution in [3.8, 4) is 0 Å². The molecule has 0 bridgehead atoms. The highest BCUT2D eigenvalue weighted by Gasteiger charge is 2.01. The lowest BCUT2D eigenvalue weighted by Gasteiger charge is -1.92. The average Bonchev–Trinajstić information content (AvgIpc) is 1.67. The number of hydrogen-bond acceptors (Lipinski definition) is 3. The van der Waals surface area contributed by atoms with Gasteiger partial charge in [0.1, 0.15) is 6.21 Å². The maximum atomic E-state index is 10.4. The Bertz CT molecular complexity index is 107. The first-order chi connectivity index (χ1) is 3.68. The van der Waals surface area contributed by atoms with Crippen molar-refractivity contribution in [1.82, 2.24) is 0 Å². The third-order valence-corrected chi connectivity index (χ3v) is 0.754. The molecule has 0 aromatic heterocycles. The van der Waals surface area contributed by atoms with Crippen LogP contribution in [0.3, 0.4) is 0 Å². The molecule has 0 spiro atoms. The van der Waals surface area contributed by atoms with E-state index in [0.29, 0.717) is 0 Å². The fourth-order valence-corrected chi connectivity index (χ4v) is 0.206. The van der Waals surface area contributed by atoms with Crippen molar-refractivity contribution in [3.05, 3.63) is 0 Å². The molecule has 0 heterocycles. The van der Waals surface area contributed by atoms with Crippen molar-refractivity contribution in [3.63, 3.8) is 0 Å². The highest BCUT2D eigenvalue weighted by molar-refractivity contribution is 6.27. The van der Waals surface area contributed by atoms with Crippen LogP contribution in [0.15, 0.2) is 5.16 Å². The second-order valence-electron chi connectivity index (χ2n) is 1.80. The summed E-state index contributed by atoms with van der Waals surface area (Å²) < 4.78 is 0. The van der Waals surface area contributed by atoms with Crippen LogP contribution in [0.2, 0.25) is 0 Å². The summed E-state index contributed by atoms with van der Waals surface area (Å²) in [5.41, 5.74) is 0. The molecule has 0 aliphatic rings. The van der Waals surface area contributed by atoms with Gasteiger partial charge in [-0.15, -0.1) is 0 Å². The summed E-state index contributed by atoms with van der Waals surface area (Å²) in [6.45, 7) is 3.48. The molecular weight excluding hydrogens is 106 g/mol. The summed E-state index contributed by atoms with van der Waals surface area (Å²) in [5, 5.41) is 10.4. The zero-order chi connectivity index (χ0) is 6.57. The predicted octanol–water partition coefficient (Wildman–Crippen LogP) is 0.671. The van der Waals surface area contributed by atoms with E-state index in [-0.39, 0.29) is 11.7 Å². The molecule has 0 rings (SSSR count). The quantitative estimate of drug-likeness (QED) is 0.326. The second kappa shape index (κ2) is 3.18. The molecule has 0 fully saturated rings. The van der Waals surface area contributed by atoms with Gasteiger partial charge in [0.2, 0.25) is 0 Å². The lowest BCUT2D eigenvalue weighted by molar-refractivity contribution is -0.115. The number of hydrogen-bond donors (Lipinski definition) is 1. The minimum Gasteiger partial charge on any atom is -0.411 e. The molecule has 0 aromatic carbocycles. The molecule has 0 radical (unpaired) electrons. The van der Waals surface area contributed by atoms with Crippen LogP contribution in [-0.4, -0.2) is 17.2 Å². The van der Waals surface area contributed by atoms with Crippen molar-refractivity contribution < 1.29 is 10.0 Å². The number of carbonyl (C=O) groups excluding carboxylic acids is 1. The average molecular weight is 115 g/mol. The van der Waals surface area contributed by atoms with E-state index in [1.165, 1.54) is 0 Å². The van der Waals surface area contributed by atoms with E-state index in [4.69, 9.17) is 5.21 Å². The zero-order valence-corrected chi connectivity index (χ0v) is 4.96. The Hall–Kier alpha value is -0.860. The van der Waals surface area contributed by atoms with Gasteiger partial charge in [0.25, 0.3) is 0 Å². The third kappa shape index (κ3) is 2.34. The van der Waals surface area contributed by atoms with Crippen LogP contribution in [0.4, 0.5) is 0 Å². The van der Waals surface area contributed by atoms with Crippen LogP contribution in [0.5, 0.6) is 0 Å². The largest absolute Gasteiger partial charge is 0.411 e. The Kier molecular flexibility index (Phi) is 2.84. The minimum atomic E-state index is -0.160. The number of carbonyl (C=O) groups is 1. The molecule has 3 nitrogen and oxygen atoms in total. The molecule has 3 heteroatoms. The number of ketones is 1. The Morgan fingerprint density at radius 1 is 1.75 bits per heavy atom. The zero-order valence-electron chi connectivity index (χ0n) is 4.96. The molecule has 0 saturated heterocycles. The van der Waals surface area contributed by atoms with E-state index in [9.17, 15) is 4.79 Å². The fraction of sp³-hybridized carbons (Fsp3) is 0.600. The van der Waals surface area contributed by atoms with E-state index in [1.54, 1.807) is 13.8 Å². The minimum absolute atomic E-state index is 0.0779. The van der Waals surface area contributed by atoms with E-state index >= 15 is 0 Å². The molecule has 46 valence electrons. The van der Waals surface area contributed by atoms with Gasteiger partial charge in [0.15, 0.2) is 5.78 Å². The molecule has 0 unspecified atom stereocenters. The molecule has 0 aliphatic heterocycles. The molecule has 0 aromatic rings. The van der Waals surface area contributed by atoms with Gasteiger partial charge in [-0.1, -0.05) is 19.0 Å². The number of oxime groups is 1. The maximum absolute atomic E-state index is 10.4. The van der Waals surface area contributed by atoms with Crippen molar-refractivity contribution >= 4 is 12.0 Å². The van der Waals surface area contributed by atoms with E-state index in [2.05, 4.69) is 5.16 Å². The molecule has 1 N–H and O–H groups in total. The Labute approximate surface area is 48.0 Å². The molecule has 0 atom stereocenters. The predicted molar refractivity (Wildman–Crippen MR) is 30.1 cm³/mol. The maximum Gasteiger partial charge on any atom is 0.179 e. The smallest absolute Gasteiger partial charge is 0.179 e. The monoisotopic (exact) mass is 115 g/mol. The van der Waals surface area contributed by atoms with Crippen LogP contribution in [0.1, 0.15) is 13.8 Å². The van der Waals surface area contributed by atoms with Gasteiger partial charge in [-0.2, -0.15) is 0 Å². The summed E-state index contributed by atoms with van der Waals surface area (Å²) >= 11 is 0. The molecular formula is C5H9NO2. The Balaban J connectivity index is 3.66. The van der Waals surface area contributed by atoms with Gasteiger partial charge in [-0.25, -0.2) is 0 Å². The summed E-state index contributed by atoms with van der Waals surface area (Å²) in [6, 6.07) is 0. The van der Waals surface area contributed by atoms with Gasteiger partial charge in [0, 0.05) is 5.92 Å². The van der Waals surface area contributed by atoms with Crippen LogP contribution >= 0.6 is 0 Å². The first kappa shape index (κ1) is 7.14. The standard InChI is InChI=1S/C5H9NO2/c1-4(2)5(7)3-6-8/h3-4,8H,1-2H3. The Morgan fingerprint density at radius 3 is 2.38 bits per heavy atom. The summed E-state index contributed by atoms with van der Waals surface area (Å²) in [7, 11) is 0. The van der Waals surface area contributed by atoms with Crippen molar-refractivity contribution in [2.24, 2.45) is 11.1 Å². The highest BCUT2D eigenvalue weighted by atomic mass is 16.4. The van der Waals surface area contributed by atoms with Crippen LogP contribution in [-0.2, 0) is 4.79 Å².